The topological polar surface area (TPSA) is 233 Å². The third-order valence-electron chi connectivity index (χ3n) is 5.32. The van der Waals surface area contributed by atoms with Gasteiger partial charge < -0.3 is 48.8 Å². The molecule has 1 amide bonds. The lowest BCUT2D eigenvalue weighted by Crippen LogP contribution is -2.54. The van der Waals surface area contributed by atoms with E-state index in [0.717, 1.165) is 12.8 Å². The predicted octanol–water partition coefficient (Wildman–Crippen LogP) is -2.41. The summed E-state index contributed by atoms with van der Waals surface area (Å²) in [6.45, 7) is 2.24. The van der Waals surface area contributed by atoms with Crippen LogP contribution < -0.4 is 43.8 Å². The van der Waals surface area contributed by atoms with Crippen LogP contribution in [-0.4, -0.2) is 81.2 Å². The van der Waals surface area contributed by atoms with E-state index >= 15 is 0 Å². The Hall–Kier alpha value is -2.78. The molecule has 0 saturated carbocycles. The number of primary amides is 1. The predicted molar refractivity (Wildman–Crippen MR) is 123 cm³/mol. The second-order valence-corrected chi connectivity index (χ2v) is 8.20. The number of aromatic amines is 1. The van der Waals surface area contributed by atoms with E-state index in [1.165, 1.54) is 6.33 Å². The molecule has 15 heteroatoms. The Morgan fingerprint density at radius 1 is 0.906 bits per heavy atom. The molecule has 0 unspecified atom stereocenters. The van der Waals surface area contributed by atoms with Crippen LogP contribution in [0.25, 0.3) is 0 Å². The molecule has 2 fully saturated rings. The smallest absolute Gasteiger partial charge is 0.269 e. The molecular weight excluding hydrogens is 438 g/mol. The van der Waals surface area contributed by atoms with Crippen LogP contribution in [-0.2, 0) is 0 Å². The average molecular weight is 468 g/mol. The van der Waals surface area contributed by atoms with Crippen molar-refractivity contribution in [3.05, 3.63) is 12.0 Å². The molecule has 4 atom stereocenters. The van der Waals surface area contributed by atoms with Crippen LogP contribution in [0.1, 0.15) is 23.3 Å². The van der Waals surface area contributed by atoms with Crippen LogP contribution in [0.4, 0.5) is 23.7 Å². The van der Waals surface area contributed by atoms with Crippen LogP contribution >= 0.6 is 12.4 Å². The van der Waals surface area contributed by atoms with Crippen molar-refractivity contribution in [3.63, 3.8) is 0 Å². The molecule has 32 heavy (non-hydrogen) atoms. The van der Waals surface area contributed by atoms with Gasteiger partial charge in [0.25, 0.3) is 5.91 Å². The summed E-state index contributed by atoms with van der Waals surface area (Å²) in [5.74, 6) is 0.601. The average Bonchev–Trinajstić information content (AvgIpc) is 3.14. The Balaban J connectivity index is 0.00000289. The molecule has 2 aliphatic rings. The SMILES string of the molecule is Cl.NC(=O)c1[nH]cnc1Nc1nc(N2C[C@H](N)C[C@H](N)C2)nc(N2C[C@H](N)C[C@H](N)C2)n1. The Bertz CT molecular complexity index is 875. The van der Waals surface area contributed by atoms with Gasteiger partial charge in [-0.1, -0.05) is 0 Å². The number of halogens is 1. The number of nitrogens with two attached hydrogens (primary N) is 5. The Morgan fingerprint density at radius 3 is 1.81 bits per heavy atom. The van der Waals surface area contributed by atoms with Crippen LogP contribution in [0.15, 0.2) is 6.33 Å². The standard InChI is InChI=1S/C17H29N13O.ClH/c18-8-1-9(19)4-29(3-8)16-26-15(25-14-12(13(22)31)23-7-24-14)27-17(28-16)30-5-10(20)2-11(21)6-30;/h7-11H,1-6,18-21H2,(H2,22,31)(H,23,24)(H,25,26,27,28);1H/t8-,9+,10-,11+;. The Morgan fingerprint density at radius 2 is 1.38 bits per heavy atom. The van der Waals surface area contributed by atoms with Gasteiger partial charge in [-0.15, -0.1) is 12.4 Å². The molecule has 2 saturated heterocycles. The number of nitrogens with one attached hydrogen (secondary N) is 2. The highest BCUT2D eigenvalue weighted by Crippen LogP contribution is 2.24. The van der Waals surface area contributed by atoms with Gasteiger partial charge >= 0.3 is 0 Å². The van der Waals surface area contributed by atoms with E-state index in [4.69, 9.17) is 28.7 Å². The molecule has 176 valence electrons. The summed E-state index contributed by atoms with van der Waals surface area (Å²) < 4.78 is 0. The maximum Gasteiger partial charge on any atom is 0.269 e. The molecule has 2 aromatic heterocycles. The van der Waals surface area contributed by atoms with E-state index in [9.17, 15) is 4.79 Å². The quantitative estimate of drug-likeness (QED) is 0.243. The van der Waals surface area contributed by atoms with Crippen molar-refractivity contribution in [1.82, 2.24) is 24.9 Å². The van der Waals surface area contributed by atoms with E-state index in [-0.39, 0.29) is 54.0 Å². The number of imidazole rings is 1. The molecular formula is C17H30ClN13O. The number of amides is 1. The summed E-state index contributed by atoms with van der Waals surface area (Å²) in [5.41, 5.74) is 30.1. The number of hydrogen-bond acceptors (Lipinski definition) is 12. The van der Waals surface area contributed by atoms with E-state index in [0.29, 0.717) is 38.1 Å². The zero-order chi connectivity index (χ0) is 22.1. The Kier molecular flexibility index (Phi) is 7.30. The molecule has 2 aromatic rings. The zero-order valence-corrected chi connectivity index (χ0v) is 18.3. The van der Waals surface area contributed by atoms with Crippen molar-refractivity contribution in [2.45, 2.75) is 37.0 Å². The minimum absolute atomic E-state index is 0. The molecule has 4 rings (SSSR count). The van der Waals surface area contributed by atoms with Gasteiger partial charge in [0, 0.05) is 50.3 Å². The monoisotopic (exact) mass is 467 g/mol. The van der Waals surface area contributed by atoms with E-state index in [1.807, 2.05) is 9.80 Å². The van der Waals surface area contributed by atoms with Crippen molar-refractivity contribution in [2.24, 2.45) is 28.7 Å². The van der Waals surface area contributed by atoms with Crippen LogP contribution in [0.3, 0.4) is 0 Å². The number of hydrogen-bond donors (Lipinski definition) is 7. The fourth-order valence-corrected chi connectivity index (χ4v) is 4.06. The molecule has 2 aliphatic heterocycles. The van der Waals surface area contributed by atoms with Gasteiger partial charge in [0.1, 0.15) is 5.69 Å². The van der Waals surface area contributed by atoms with E-state index < -0.39 is 5.91 Å². The van der Waals surface area contributed by atoms with Crippen molar-refractivity contribution < 1.29 is 4.79 Å². The minimum Gasteiger partial charge on any atom is -0.364 e. The lowest BCUT2D eigenvalue weighted by atomic mass is 10.0. The number of carbonyl (C=O) groups is 1. The summed E-state index contributed by atoms with van der Waals surface area (Å²) in [7, 11) is 0. The summed E-state index contributed by atoms with van der Waals surface area (Å²) in [6, 6.07) is -0.370. The normalized spacial score (nSPS) is 25.9. The summed E-state index contributed by atoms with van der Waals surface area (Å²) >= 11 is 0. The fraction of sp³-hybridized carbons (Fsp3) is 0.588. The van der Waals surface area contributed by atoms with Gasteiger partial charge in [0.2, 0.25) is 17.8 Å². The molecule has 0 spiro atoms. The molecule has 0 aromatic carbocycles. The van der Waals surface area contributed by atoms with Crippen LogP contribution in [0.5, 0.6) is 0 Å². The lowest BCUT2D eigenvalue weighted by molar-refractivity contribution is 0.0997. The largest absolute Gasteiger partial charge is 0.364 e. The van der Waals surface area contributed by atoms with E-state index in [2.05, 4.69) is 30.2 Å². The zero-order valence-electron chi connectivity index (χ0n) is 17.5. The summed E-state index contributed by atoms with van der Waals surface area (Å²) in [4.78, 5) is 36.0. The van der Waals surface area contributed by atoms with Crippen molar-refractivity contribution in [3.8, 4) is 0 Å². The number of aromatic nitrogens is 5. The summed E-state index contributed by atoms with van der Waals surface area (Å²) in [6.07, 6.45) is 2.81. The highest BCUT2D eigenvalue weighted by Gasteiger charge is 2.29. The molecule has 0 bridgehead atoms. The number of H-pyrrole nitrogens is 1. The van der Waals surface area contributed by atoms with Crippen molar-refractivity contribution in [1.29, 1.82) is 0 Å². The number of rotatable bonds is 5. The molecule has 0 aliphatic carbocycles. The molecule has 14 nitrogen and oxygen atoms in total. The lowest BCUT2D eigenvalue weighted by Gasteiger charge is -2.36. The number of anilines is 4. The summed E-state index contributed by atoms with van der Waals surface area (Å²) in [5, 5.41) is 2.95. The van der Waals surface area contributed by atoms with Gasteiger partial charge in [-0.05, 0) is 12.8 Å². The number of carbonyl (C=O) groups excluding carboxylic acids is 1. The first kappa shape index (κ1) is 23.9. The first-order valence-electron chi connectivity index (χ1n) is 10.2. The van der Waals surface area contributed by atoms with Gasteiger partial charge in [-0.2, -0.15) is 15.0 Å². The third kappa shape index (κ3) is 5.34. The number of nitrogens with zero attached hydrogens (tertiary/aromatic N) is 6. The van der Waals surface area contributed by atoms with Gasteiger partial charge in [0.15, 0.2) is 5.82 Å². The Labute approximate surface area is 191 Å². The maximum absolute atomic E-state index is 11.6. The molecule has 4 heterocycles. The van der Waals surface area contributed by atoms with Gasteiger partial charge in [-0.25, -0.2) is 4.98 Å². The van der Waals surface area contributed by atoms with Crippen LogP contribution in [0.2, 0.25) is 0 Å². The van der Waals surface area contributed by atoms with E-state index in [1.54, 1.807) is 0 Å². The highest BCUT2D eigenvalue weighted by molar-refractivity contribution is 5.96. The minimum atomic E-state index is -0.657. The second kappa shape index (κ2) is 9.79. The second-order valence-electron chi connectivity index (χ2n) is 8.20. The third-order valence-corrected chi connectivity index (χ3v) is 5.32. The van der Waals surface area contributed by atoms with Gasteiger partial charge in [0.05, 0.1) is 6.33 Å². The van der Waals surface area contributed by atoms with Crippen molar-refractivity contribution >= 4 is 42.0 Å². The van der Waals surface area contributed by atoms with Gasteiger partial charge in [-0.3, -0.25) is 4.79 Å². The highest BCUT2D eigenvalue weighted by atomic mass is 35.5. The molecule has 0 radical (unpaired) electrons. The first-order valence-corrected chi connectivity index (χ1v) is 10.2. The first-order chi connectivity index (χ1) is 14.8. The maximum atomic E-state index is 11.6. The van der Waals surface area contributed by atoms with Crippen molar-refractivity contribution in [2.75, 3.05) is 41.3 Å². The van der Waals surface area contributed by atoms with Crippen LogP contribution in [0, 0.1) is 0 Å². The fourth-order valence-electron chi connectivity index (χ4n) is 4.06. The molecule has 12 N–H and O–H groups in total. The number of piperidine rings is 2.